The van der Waals surface area contributed by atoms with Gasteiger partial charge in [-0.3, -0.25) is 4.98 Å². The van der Waals surface area contributed by atoms with Crippen LogP contribution in [-0.2, 0) is 5.41 Å². The van der Waals surface area contributed by atoms with Gasteiger partial charge >= 0.3 is 0 Å². The Kier molecular flexibility index (Phi) is 9.46. The second-order valence-electron chi connectivity index (χ2n) is 7.21. The molecule has 0 atom stereocenters. The Bertz CT molecular complexity index is 611. The quantitative estimate of drug-likeness (QED) is 0.470. The van der Waals surface area contributed by atoms with Gasteiger partial charge in [-0.25, -0.2) is 9.97 Å². The molecule has 3 rings (SSSR count). The maximum atomic E-state index is 4.21. The molecule has 6 heteroatoms. The molecule has 0 radical (unpaired) electrons. The number of rotatable bonds is 2. The number of nitrogens with zero attached hydrogens (tertiary/aromatic N) is 3. The molecule has 3 heterocycles. The summed E-state index contributed by atoms with van der Waals surface area (Å²) in [6.45, 7) is 15.2. The SMILES string of the molecule is CC(C)(C)c1cscn1.CC(C)c1cncs1.CC(C)c1nccs1. The van der Waals surface area contributed by atoms with Crippen LogP contribution < -0.4 is 0 Å². The molecule has 0 N–H and O–H groups in total. The Hall–Kier alpha value is -1.11. The highest BCUT2D eigenvalue weighted by molar-refractivity contribution is 7.09. The molecular weight excluding hydrogens is 366 g/mol. The summed E-state index contributed by atoms with van der Waals surface area (Å²) in [6.07, 6.45) is 3.77. The van der Waals surface area contributed by atoms with Crippen molar-refractivity contribution in [2.75, 3.05) is 0 Å². The summed E-state index contributed by atoms with van der Waals surface area (Å²) in [5.41, 5.74) is 5.16. The third-order valence-corrected chi connectivity index (χ3v) is 5.91. The minimum atomic E-state index is 0.222. The summed E-state index contributed by atoms with van der Waals surface area (Å²) >= 11 is 5.10. The molecule has 0 aliphatic carbocycles. The zero-order valence-electron chi connectivity index (χ0n) is 16.2. The van der Waals surface area contributed by atoms with E-state index in [0.29, 0.717) is 11.8 Å². The Morgan fingerprint density at radius 2 is 1.64 bits per heavy atom. The highest BCUT2D eigenvalue weighted by Gasteiger charge is 2.14. The van der Waals surface area contributed by atoms with Crippen LogP contribution in [0.5, 0.6) is 0 Å². The Morgan fingerprint density at radius 1 is 0.920 bits per heavy atom. The van der Waals surface area contributed by atoms with Crippen molar-refractivity contribution in [3.05, 3.63) is 49.8 Å². The third-order valence-electron chi connectivity index (χ3n) is 3.17. The van der Waals surface area contributed by atoms with Crippen LogP contribution in [0.25, 0.3) is 0 Å². The van der Waals surface area contributed by atoms with Gasteiger partial charge in [0.15, 0.2) is 0 Å². The largest absolute Gasteiger partial charge is 0.253 e. The molecule has 0 saturated carbocycles. The van der Waals surface area contributed by atoms with Gasteiger partial charge in [-0.1, -0.05) is 48.5 Å². The fourth-order valence-electron chi connectivity index (χ4n) is 1.61. The smallest absolute Gasteiger partial charge is 0.0950 e. The lowest BCUT2D eigenvalue weighted by Gasteiger charge is -2.13. The average Bonchev–Trinajstić information content (AvgIpc) is 3.28. The molecule has 0 aliphatic heterocycles. The third kappa shape index (κ3) is 8.70. The van der Waals surface area contributed by atoms with Crippen LogP contribution in [-0.4, -0.2) is 15.0 Å². The minimum Gasteiger partial charge on any atom is -0.253 e. The molecule has 0 bridgehead atoms. The van der Waals surface area contributed by atoms with Crippen LogP contribution in [0.2, 0.25) is 0 Å². The maximum absolute atomic E-state index is 4.21. The minimum absolute atomic E-state index is 0.222. The highest BCUT2D eigenvalue weighted by Crippen LogP contribution is 2.20. The van der Waals surface area contributed by atoms with Crippen molar-refractivity contribution in [1.82, 2.24) is 15.0 Å². The molecule has 138 valence electrons. The summed E-state index contributed by atoms with van der Waals surface area (Å²) in [7, 11) is 0. The van der Waals surface area contributed by atoms with Crippen molar-refractivity contribution in [3.8, 4) is 0 Å². The van der Waals surface area contributed by atoms with Crippen LogP contribution in [0.3, 0.4) is 0 Å². The zero-order valence-corrected chi connectivity index (χ0v) is 18.6. The molecule has 0 fully saturated rings. The molecule has 0 unspecified atom stereocenters. The van der Waals surface area contributed by atoms with E-state index in [1.807, 2.05) is 28.8 Å². The van der Waals surface area contributed by atoms with Crippen molar-refractivity contribution in [2.24, 2.45) is 0 Å². The number of thiazole rings is 3. The van der Waals surface area contributed by atoms with Gasteiger partial charge in [-0.2, -0.15) is 0 Å². The summed E-state index contributed by atoms with van der Waals surface area (Å²) in [5, 5.41) is 5.33. The lowest BCUT2D eigenvalue weighted by molar-refractivity contribution is 0.573. The Balaban J connectivity index is 0.000000188. The van der Waals surface area contributed by atoms with Gasteiger partial charge in [-0.15, -0.1) is 34.0 Å². The van der Waals surface area contributed by atoms with E-state index in [4.69, 9.17) is 0 Å². The second kappa shape index (κ2) is 10.8. The molecule has 0 amide bonds. The first-order chi connectivity index (χ1) is 11.7. The van der Waals surface area contributed by atoms with Crippen LogP contribution in [0, 0.1) is 0 Å². The summed E-state index contributed by atoms with van der Waals surface area (Å²) in [6, 6.07) is 0. The van der Waals surface area contributed by atoms with Crippen LogP contribution in [0.4, 0.5) is 0 Å². The molecule has 0 spiro atoms. The van der Waals surface area contributed by atoms with Gasteiger partial charge in [0.05, 0.1) is 21.7 Å². The predicted molar refractivity (Wildman–Crippen MR) is 113 cm³/mol. The lowest BCUT2D eigenvalue weighted by atomic mass is 9.93. The number of hydrogen-bond donors (Lipinski definition) is 0. The normalized spacial score (nSPS) is 10.9. The van der Waals surface area contributed by atoms with E-state index in [1.165, 1.54) is 15.6 Å². The van der Waals surface area contributed by atoms with Gasteiger partial charge in [0, 0.05) is 39.4 Å². The van der Waals surface area contributed by atoms with Crippen LogP contribution >= 0.6 is 34.0 Å². The van der Waals surface area contributed by atoms with Crippen molar-refractivity contribution in [2.45, 2.75) is 65.7 Å². The zero-order chi connectivity index (χ0) is 18.9. The molecule has 0 saturated heterocycles. The fraction of sp³-hybridized carbons (Fsp3) is 0.526. The topological polar surface area (TPSA) is 38.7 Å². The van der Waals surface area contributed by atoms with Crippen LogP contribution in [0.15, 0.2) is 34.2 Å². The van der Waals surface area contributed by atoms with E-state index in [1.54, 1.807) is 34.0 Å². The number of aromatic nitrogens is 3. The fourth-order valence-corrected chi connectivity index (χ4v) is 3.68. The van der Waals surface area contributed by atoms with Gasteiger partial charge in [-0.05, 0) is 5.92 Å². The van der Waals surface area contributed by atoms with E-state index in [2.05, 4.69) is 68.8 Å². The Morgan fingerprint density at radius 3 is 1.88 bits per heavy atom. The first-order valence-electron chi connectivity index (χ1n) is 8.38. The van der Waals surface area contributed by atoms with Crippen molar-refractivity contribution in [1.29, 1.82) is 0 Å². The first-order valence-corrected chi connectivity index (χ1v) is 11.1. The van der Waals surface area contributed by atoms with E-state index in [-0.39, 0.29) is 5.41 Å². The van der Waals surface area contributed by atoms with E-state index in [9.17, 15) is 0 Å². The highest BCUT2D eigenvalue weighted by atomic mass is 32.1. The van der Waals surface area contributed by atoms with Crippen molar-refractivity contribution >= 4 is 34.0 Å². The van der Waals surface area contributed by atoms with E-state index in [0.717, 1.165) is 0 Å². The molecule has 0 aromatic carbocycles. The first kappa shape index (κ1) is 21.9. The molecule has 3 nitrogen and oxygen atoms in total. The molecule has 3 aromatic rings. The molecular formula is C19H29N3S3. The molecule has 25 heavy (non-hydrogen) atoms. The molecule has 3 aromatic heterocycles. The summed E-state index contributed by atoms with van der Waals surface area (Å²) in [5.74, 6) is 1.23. The Labute approximate surface area is 164 Å². The predicted octanol–water partition coefficient (Wildman–Crippen LogP) is 6.97. The standard InChI is InChI=1S/C7H11NS.2C6H9NS/c1-7(2,3)6-4-9-5-8-6;1-5(2)6-3-7-4-8-6;1-5(2)6-7-3-4-8-6/h4-5H,1-3H3;2*3-5H,1-2H3. The van der Waals surface area contributed by atoms with Crippen LogP contribution in [0.1, 0.15) is 75.9 Å². The van der Waals surface area contributed by atoms with E-state index >= 15 is 0 Å². The van der Waals surface area contributed by atoms with Crippen molar-refractivity contribution < 1.29 is 0 Å². The average molecular weight is 396 g/mol. The second-order valence-corrected chi connectivity index (χ2v) is 9.77. The summed E-state index contributed by atoms with van der Waals surface area (Å²) in [4.78, 5) is 13.7. The molecule has 0 aliphatic rings. The van der Waals surface area contributed by atoms with E-state index < -0.39 is 0 Å². The maximum Gasteiger partial charge on any atom is 0.0950 e. The summed E-state index contributed by atoms with van der Waals surface area (Å²) < 4.78 is 0. The van der Waals surface area contributed by atoms with Gasteiger partial charge in [0.1, 0.15) is 0 Å². The van der Waals surface area contributed by atoms with Gasteiger partial charge in [0.25, 0.3) is 0 Å². The van der Waals surface area contributed by atoms with Gasteiger partial charge in [0.2, 0.25) is 0 Å². The van der Waals surface area contributed by atoms with Crippen molar-refractivity contribution in [3.63, 3.8) is 0 Å². The van der Waals surface area contributed by atoms with Gasteiger partial charge < -0.3 is 0 Å². The lowest BCUT2D eigenvalue weighted by Crippen LogP contribution is -2.10. The monoisotopic (exact) mass is 395 g/mol. The number of hydrogen-bond acceptors (Lipinski definition) is 6.